The lowest BCUT2D eigenvalue weighted by atomic mass is 10.0. The second-order valence-electron chi connectivity index (χ2n) is 18.8. The summed E-state index contributed by atoms with van der Waals surface area (Å²) >= 11 is 0. The van der Waals surface area contributed by atoms with Gasteiger partial charge in [-0.25, -0.2) is 0 Å². The van der Waals surface area contributed by atoms with Crippen LogP contribution in [0.3, 0.4) is 0 Å². The zero-order chi connectivity index (χ0) is 49.3. The standard InChI is InChI=1S/C62H106O6/c1-4-7-10-13-16-19-22-25-28-30-31-33-34-37-40-43-46-49-52-55-61(64)67-58-59(57-66-60(63)54-51-48-45-42-39-36-27-24-21-18-15-12-9-6-3)68-62(65)56-53-50-47-44-41-38-35-32-29-26-23-20-17-14-11-8-5-2/h7,10,16,19,25-26,28-29,31,33,35,38,44,47,59H,4-6,8-9,11-15,17-18,20-24,27,30,32,34,36-37,39-43,45-46,48-58H2,1-3H3/b10-7-,19-16-,28-25-,29-26-,33-31-,38-35-,47-44-. The normalized spacial score (nSPS) is 12.7. The largest absolute Gasteiger partial charge is 0.462 e. The van der Waals surface area contributed by atoms with E-state index >= 15 is 0 Å². The zero-order valence-corrected chi connectivity index (χ0v) is 44.6. The van der Waals surface area contributed by atoms with Gasteiger partial charge in [0.15, 0.2) is 6.10 Å². The molecule has 0 fully saturated rings. The Hall–Kier alpha value is -3.41. The maximum absolute atomic E-state index is 12.8. The number of hydrogen-bond acceptors (Lipinski definition) is 6. The van der Waals surface area contributed by atoms with Gasteiger partial charge in [0.1, 0.15) is 13.2 Å². The van der Waals surface area contributed by atoms with Crippen LogP contribution in [0, 0.1) is 0 Å². The molecule has 0 saturated carbocycles. The molecule has 0 amide bonds. The van der Waals surface area contributed by atoms with Gasteiger partial charge >= 0.3 is 17.9 Å². The Morgan fingerprint density at radius 3 is 0.941 bits per heavy atom. The molecule has 390 valence electrons. The van der Waals surface area contributed by atoms with Crippen molar-refractivity contribution in [1.29, 1.82) is 0 Å². The van der Waals surface area contributed by atoms with E-state index < -0.39 is 6.10 Å². The maximum Gasteiger partial charge on any atom is 0.306 e. The summed E-state index contributed by atoms with van der Waals surface area (Å²) in [5, 5.41) is 0. The molecule has 68 heavy (non-hydrogen) atoms. The number of carbonyl (C=O) groups is 3. The van der Waals surface area contributed by atoms with Gasteiger partial charge in [-0.1, -0.05) is 247 Å². The molecule has 0 spiro atoms. The number of allylic oxidation sites excluding steroid dienone is 14. The topological polar surface area (TPSA) is 78.9 Å². The number of hydrogen-bond donors (Lipinski definition) is 0. The highest BCUT2D eigenvalue weighted by Gasteiger charge is 2.19. The Morgan fingerprint density at radius 1 is 0.309 bits per heavy atom. The minimum Gasteiger partial charge on any atom is -0.462 e. The van der Waals surface area contributed by atoms with Crippen LogP contribution < -0.4 is 0 Å². The van der Waals surface area contributed by atoms with Crippen LogP contribution in [0.2, 0.25) is 0 Å². The second-order valence-corrected chi connectivity index (χ2v) is 18.8. The molecule has 6 nitrogen and oxygen atoms in total. The van der Waals surface area contributed by atoms with Gasteiger partial charge < -0.3 is 14.2 Å². The predicted molar refractivity (Wildman–Crippen MR) is 293 cm³/mol. The van der Waals surface area contributed by atoms with Crippen molar-refractivity contribution in [3.05, 3.63) is 85.1 Å². The maximum atomic E-state index is 12.8. The number of unbranched alkanes of at least 4 members (excludes halogenated alkanes) is 26. The zero-order valence-electron chi connectivity index (χ0n) is 44.6. The summed E-state index contributed by atoms with van der Waals surface area (Å²) in [7, 11) is 0. The summed E-state index contributed by atoms with van der Waals surface area (Å²) in [5.41, 5.74) is 0. The first-order valence-corrected chi connectivity index (χ1v) is 28.6. The molecular formula is C62H106O6. The highest BCUT2D eigenvalue weighted by molar-refractivity contribution is 5.71. The van der Waals surface area contributed by atoms with E-state index in [-0.39, 0.29) is 37.5 Å². The van der Waals surface area contributed by atoms with E-state index in [1.807, 2.05) is 0 Å². The minimum atomic E-state index is -0.808. The Labute approximate surface area is 420 Å². The van der Waals surface area contributed by atoms with Crippen LogP contribution in [0.25, 0.3) is 0 Å². The van der Waals surface area contributed by atoms with E-state index in [0.717, 1.165) is 96.3 Å². The Morgan fingerprint density at radius 2 is 0.588 bits per heavy atom. The third kappa shape index (κ3) is 53.5. The monoisotopic (exact) mass is 947 g/mol. The van der Waals surface area contributed by atoms with E-state index in [9.17, 15) is 14.4 Å². The molecule has 0 aliphatic rings. The average Bonchev–Trinajstić information content (AvgIpc) is 3.34. The SMILES string of the molecule is CC/C=C\C/C=C\C/C=C\C/C=C\CCCCCCCCC(=O)OCC(COC(=O)CCCCCCCCCCCCCCCC)OC(=O)CCC/C=C\C/C=C\C/C=C\CCCCCCCC. The lowest BCUT2D eigenvalue weighted by molar-refractivity contribution is -0.167. The van der Waals surface area contributed by atoms with Crippen molar-refractivity contribution in [3.63, 3.8) is 0 Å². The third-order valence-electron chi connectivity index (χ3n) is 12.1. The van der Waals surface area contributed by atoms with Crippen molar-refractivity contribution in [2.75, 3.05) is 13.2 Å². The van der Waals surface area contributed by atoms with Gasteiger partial charge in [-0.05, 0) is 89.9 Å². The average molecular weight is 948 g/mol. The van der Waals surface area contributed by atoms with Crippen LogP contribution in [0.15, 0.2) is 85.1 Å². The molecular weight excluding hydrogens is 841 g/mol. The number of esters is 3. The summed E-state index contributed by atoms with van der Waals surface area (Å²) in [6.07, 6.45) is 72.9. The van der Waals surface area contributed by atoms with Crippen LogP contribution in [0.5, 0.6) is 0 Å². The Balaban J connectivity index is 4.47. The molecule has 0 rings (SSSR count). The lowest BCUT2D eigenvalue weighted by Crippen LogP contribution is -2.30. The Kier molecular flexibility index (Phi) is 53.4. The molecule has 0 aromatic carbocycles. The highest BCUT2D eigenvalue weighted by Crippen LogP contribution is 2.15. The molecule has 0 radical (unpaired) electrons. The fourth-order valence-electron chi connectivity index (χ4n) is 7.86. The van der Waals surface area contributed by atoms with Crippen molar-refractivity contribution >= 4 is 17.9 Å². The van der Waals surface area contributed by atoms with Gasteiger partial charge in [0.05, 0.1) is 0 Å². The first kappa shape index (κ1) is 64.6. The predicted octanol–water partition coefficient (Wildman–Crippen LogP) is 19.2. The van der Waals surface area contributed by atoms with Crippen LogP contribution in [-0.4, -0.2) is 37.2 Å². The van der Waals surface area contributed by atoms with E-state index in [4.69, 9.17) is 14.2 Å². The van der Waals surface area contributed by atoms with Crippen LogP contribution >= 0.6 is 0 Å². The van der Waals surface area contributed by atoms with Gasteiger partial charge in [0.2, 0.25) is 0 Å². The van der Waals surface area contributed by atoms with Gasteiger partial charge in [-0.15, -0.1) is 0 Å². The van der Waals surface area contributed by atoms with E-state index in [1.165, 1.54) is 128 Å². The first-order chi connectivity index (χ1) is 33.5. The summed E-state index contributed by atoms with van der Waals surface area (Å²) in [4.78, 5) is 38.1. The summed E-state index contributed by atoms with van der Waals surface area (Å²) in [5.74, 6) is -0.960. The summed E-state index contributed by atoms with van der Waals surface area (Å²) in [6.45, 7) is 6.48. The number of rotatable bonds is 51. The van der Waals surface area contributed by atoms with E-state index in [0.29, 0.717) is 19.3 Å². The van der Waals surface area contributed by atoms with Crippen molar-refractivity contribution in [1.82, 2.24) is 0 Å². The molecule has 1 unspecified atom stereocenters. The molecule has 6 heteroatoms. The van der Waals surface area contributed by atoms with Crippen LogP contribution in [-0.2, 0) is 28.6 Å². The quantitative estimate of drug-likeness (QED) is 0.0262. The third-order valence-corrected chi connectivity index (χ3v) is 12.1. The Bertz CT molecular complexity index is 1320. The number of ether oxygens (including phenoxy) is 3. The van der Waals surface area contributed by atoms with E-state index in [2.05, 4.69) is 106 Å². The summed E-state index contributed by atoms with van der Waals surface area (Å²) in [6, 6.07) is 0. The van der Waals surface area contributed by atoms with Gasteiger partial charge in [-0.3, -0.25) is 14.4 Å². The van der Waals surface area contributed by atoms with Gasteiger partial charge in [0, 0.05) is 19.3 Å². The van der Waals surface area contributed by atoms with Gasteiger partial charge in [0.25, 0.3) is 0 Å². The molecule has 0 aromatic rings. The van der Waals surface area contributed by atoms with Gasteiger partial charge in [-0.2, -0.15) is 0 Å². The van der Waals surface area contributed by atoms with Crippen LogP contribution in [0.1, 0.15) is 271 Å². The molecule has 0 saturated heterocycles. The second kappa shape index (κ2) is 56.2. The molecule has 0 aliphatic carbocycles. The minimum absolute atomic E-state index is 0.0994. The molecule has 0 N–H and O–H groups in total. The van der Waals surface area contributed by atoms with Crippen molar-refractivity contribution in [2.24, 2.45) is 0 Å². The van der Waals surface area contributed by atoms with Crippen LogP contribution in [0.4, 0.5) is 0 Å². The van der Waals surface area contributed by atoms with E-state index in [1.54, 1.807) is 0 Å². The summed E-state index contributed by atoms with van der Waals surface area (Å²) < 4.78 is 16.8. The molecule has 0 bridgehead atoms. The molecule has 1 atom stereocenters. The molecule has 0 heterocycles. The fourth-order valence-corrected chi connectivity index (χ4v) is 7.86. The molecule has 0 aromatic heterocycles. The fraction of sp³-hybridized carbons (Fsp3) is 0.726. The smallest absolute Gasteiger partial charge is 0.306 e. The van der Waals surface area contributed by atoms with Crippen molar-refractivity contribution in [3.8, 4) is 0 Å². The highest BCUT2D eigenvalue weighted by atomic mass is 16.6. The van der Waals surface area contributed by atoms with Crippen molar-refractivity contribution < 1.29 is 28.6 Å². The number of carbonyl (C=O) groups excluding carboxylic acids is 3. The molecule has 0 aliphatic heterocycles. The lowest BCUT2D eigenvalue weighted by Gasteiger charge is -2.18. The first-order valence-electron chi connectivity index (χ1n) is 28.6. The van der Waals surface area contributed by atoms with Crippen molar-refractivity contribution in [2.45, 2.75) is 277 Å².